The Hall–Kier alpha value is -0.580. The Morgan fingerprint density at radius 1 is 1.30 bits per heavy atom. The molecule has 128 valence electrons. The van der Waals surface area contributed by atoms with Gasteiger partial charge in [0.1, 0.15) is 0 Å². The zero-order chi connectivity index (χ0) is 15.6. The van der Waals surface area contributed by atoms with E-state index < -0.39 is 0 Å². The molecule has 1 aromatic rings. The standard InChI is InChI=1S/C18H25BrN2O.ClH/c19-15-6-2-5-14(10-15)18(8-3-9-18)12-21-17(22)16-7-1-4-13(16)11-20;/h2,5-6,10,13,16H,1,3-4,7-9,11-12,20H2,(H,21,22);1H/t13-,16-;/m1./s1. The second-order valence-corrected chi connectivity index (χ2v) is 7.81. The number of benzene rings is 1. The molecule has 2 fully saturated rings. The van der Waals surface area contributed by atoms with Gasteiger partial charge in [0.15, 0.2) is 0 Å². The summed E-state index contributed by atoms with van der Waals surface area (Å²) in [5.74, 6) is 0.724. The van der Waals surface area contributed by atoms with Crippen molar-refractivity contribution in [2.24, 2.45) is 17.6 Å². The van der Waals surface area contributed by atoms with Gasteiger partial charge in [-0.05, 0) is 55.8 Å². The van der Waals surface area contributed by atoms with Crippen molar-refractivity contribution in [3.63, 3.8) is 0 Å². The van der Waals surface area contributed by atoms with Gasteiger partial charge < -0.3 is 11.1 Å². The average Bonchev–Trinajstić information content (AvgIpc) is 2.94. The normalized spacial score (nSPS) is 25.3. The Labute approximate surface area is 153 Å². The minimum Gasteiger partial charge on any atom is -0.355 e. The van der Waals surface area contributed by atoms with Gasteiger partial charge in [-0.15, -0.1) is 12.4 Å². The van der Waals surface area contributed by atoms with Crippen LogP contribution in [-0.4, -0.2) is 19.0 Å². The molecule has 3 rings (SSSR count). The number of halogens is 2. The lowest BCUT2D eigenvalue weighted by Crippen LogP contribution is -2.47. The van der Waals surface area contributed by atoms with E-state index in [1.807, 2.05) is 0 Å². The van der Waals surface area contributed by atoms with Crippen LogP contribution in [0.15, 0.2) is 28.7 Å². The van der Waals surface area contributed by atoms with E-state index in [-0.39, 0.29) is 29.6 Å². The predicted molar refractivity (Wildman–Crippen MR) is 99.8 cm³/mol. The largest absolute Gasteiger partial charge is 0.355 e. The van der Waals surface area contributed by atoms with Crippen LogP contribution in [0.25, 0.3) is 0 Å². The van der Waals surface area contributed by atoms with E-state index in [0.29, 0.717) is 12.5 Å². The first-order chi connectivity index (χ1) is 10.6. The number of rotatable bonds is 5. The highest BCUT2D eigenvalue weighted by molar-refractivity contribution is 9.10. The molecule has 0 radical (unpaired) electrons. The summed E-state index contributed by atoms with van der Waals surface area (Å²) in [5, 5.41) is 3.24. The molecule has 0 saturated heterocycles. The van der Waals surface area contributed by atoms with Crippen LogP contribution in [0.4, 0.5) is 0 Å². The SMILES string of the molecule is Cl.NC[C@H]1CCC[C@H]1C(=O)NCC1(c2cccc(Br)c2)CCC1. The van der Waals surface area contributed by atoms with E-state index in [9.17, 15) is 4.79 Å². The summed E-state index contributed by atoms with van der Waals surface area (Å²) in [5.41, 5.74) is 7.28. The van der Waals surface area contributed by atoms with Crippen molar-refractivity contribution in [1.29, 1.82) is 0 Å². The van der Waals surface area contributed by atoms with Crippen LogP contribution in [-0.2, 0) is 10.2 Å². The minimum atomic E-state index is 0. The van der Waals surface area contributed by atoms with Crippen molar-refractivity contribution in [3.05, 3.63) is 34.3 Å². The third-order valence-electron chi connectivity index (χ3n) is 5.65. The number of nitrogens with one attached hydrogen (secondary N) is 1. The van der Waals surface area contributed by atoms with Crippen molar-refractivity contribution in [2.75, 3.05) is 13.1 Å². The molecule has 0 bridgehead atoms. The van der Waals surface area contributed by atoms with Gasteiger partial charge in [-0.25, -0.2) is 0 Å². The summed E-state index contributed by atoms with van der Waals surface area (Å²) in [4.78, 5) is 12.5. The maximum atomic E-state index is 12.5. The van der Waals surface area contributed by atoms with Gasteiger partial charge in [0.25, 0.3) is 0 Å². The van der Waals surface area contributed by atoms with E-state index in [0.717, 1.165) is 43.1 Å². The van der Waals surface area contributed by atoms with Crippen LogP contribution in [0.3, 0.4) is 0 Å². The van der Waals surface area contributed by atoms with Crippen LogP contribution >= 0.6 is 28.3 Å². The van der Waals surface area contributed by atoms with E-state index in [2.05, 4.69) is 45.5 Å². The second kappa shape index (κ2) is 8.00. The average molecular weight is 402 g/mol. The maximum Gasteiger partial charge on any atom is 0.223 e. The monoisotopic (exact) mass is 400 g/mol. The molecular weight excluding hydrogens is 376 g/mol. The van der Waals surface area contributed by atoms with E-state index in [4.69, 9.17) is 5.73 Å². The summed E-state index contributed by atoms with van der Waals surface area (Å²) in [6.45, 7) is 1.39. The fourth-order valence-electron chi connectivity index (χ4n) is 4.04. The Morgan fingerprint density at radius 2 is 2.09 bits per heavy atom. The zero-order valence-corrected chi connectivity index (χ0v) is 15.8. The summed E-state index contributed by atoms with van der Waals surface area (Å²) in [6, 6.07) is 8.53. The number of nitrogens with two attached hydrogens (primary N) is 1. The number of amides is 1. The van der Waals surface area contributed by atoms with E-state index >= 15 is 0 Å². The second-order valence-electron chi connectivity index (χ2n) is 6.90. The van der Waals surface area contributed by atoms with Gasteiger partial charge in [0.05, 0.1) is 0 Å². The van der Waals surface area contributed by atoms with Gasteiger partial charge in [-0.2, -0.15) is 0 Å². The molecule has 3 N–H and O–H groups in total. The van der Waals surface area contributed by atoms with Gasteiger partial charge in [0, 0.05) is 22.4 Å². The molecule has 5 heteroatoms. The summed E-state index contributed by atoms with van der Waals surface area (Å²) >= 11 is 3.56. The quantitative estimate of drug-likeness (QED) is 0.789. The Balaban J connectivity index is 0.00000192. The van der Waals surface area contributed by atoms with E-state index in [1.165, 1.54) is 12.0 Å². The maximum absolute atomic E-state index is 12.5. The van der Waals surface area contributed by atoms with Crippen LogP contribution in [0, 0.1) is 11.8 Å². The molecule has 0 aromatic heterocycles. The first-order valence-electron chi connectivity index (χ1n) is 8.38. The van der Waals surface area contributed by atoms with Crippen molar-refractivity contribution in [3.8, 4) is 0 Å². The highest BCUT2D eigenvalue weighted by atomic mass is 79.9. The highest BCUT2D eigenvalue weighted by Crippen LogP contribution is 2.44. The fraction of sp³-hybridized carbons (Fsp3) is 0.611. The van der Waals surface area contributed by atoms with Gasteiger partial charge in [-0.3, -0.25) is 4.79 Å². The minimum absolute atomic E-state index is 0. The van der Waals surface area contributed by atoms with Crippen LogP contribution < -0.4 is 11.1 Å². The summed E-state index contributed by atoms with van der Waals surface area (Å²) in [7, 11) is 0. The first kappa shape index (κ1) is 18.8. The Kier molecular flexibility index (Phi) is 6.52. The van der Waals surface area contributed by atoms with Crippen LogP contribution in [0.2, 0.25) is 0 Å². The summed E-state index contributed by atoms with van der Waals surface area (Å²) in [6.07, 6.45) is 6.81. The Morgan fingerprint density at radius 3 is 2.70 bits per heavy atom. The van der Waals surface area contributed by atoms with Crippen molar-refractivity contribution >= 4 is 34.2 Å². The van der Waals surface area contributed by atoms with Crippen molar-refractivity contribution < 1.29 is 4.79 Å². The van der Waals surface area contributed by atoms with Crippen LogP contribution in [0.1, 0.15) is 44.1 Å². The molecular formula is C18H26BrClN2O. The lowest BCUT2D eigenvalue weighted by Gasteiger charge is -2.43. The van der Waals surface area contributed by atoms with Gasteiger partial charge in [-0.1, -0.05) is 40.9 Å². The lowest BCUT2D eigenvalue weighted by atomic mass is 9.64. The molecule has 0 aliphatic heterocycles. The van der Waals surface area contributed by atoms with Gasteiger partial charge >= 0.3 is 0 Å². The van der Waals surface area contributed by atoms with Gasteiger partial charge in [0.2, 0.25) is 5.91 Å². The third-order valence-corrected chi connectivity index (χ3v) is 6.14. The summed E-state index contributed by atoms with van der Waals surface area (Å²) < 4.78 is 1.11. The number of hydrogen-bond donors (Lipinski definition) is 2. The molecule has 1 aromatic carbocycles. The van der Waals surface area contributed by atoms with E-state index in [1.54, 1.807) is 0 Å². The topological polar surface area (TPSA) is 55.1 Å². The molecule has 0 heterocycles. The zero-order valence-electron chi connectivity index (χ0n) is 13.4. The number of hydrogen-bond acceptors (Lipinski definition) is 2. The predicted octanol–water partition coefficient (Wildman–Crippen LogP) is 3.78. The molecule has 2 atom stereocenters. The van der Waals surface area contributed by atoms with Crippen molar-refractivity contribution in [1.82, 2.24) is 5.32 Å². The molecule has 3 nitrogen and oxygen atoms in total. The third kappa shape index (κ3) is 3.92. The molecule has 2 aliphatic rings. The number of carbonyl (C=O) groups excluding carboxylic acids is 1. The lowest BCUT2D eigenvalue weighted by molar-refractivity contribution is -0.126. The van der Waals surface area contributed by atoms with Crippen molar-refractivity contribution in [2.45, 2.75) is 43.9 Å². The molecule has 2 aliphatic carbocycles. The highest BCUT2D eigenvalue weighted by Gasteiger charge is 2.40. The molecule has 0 unspecified atom stereocenters. The smallest absolute Gasteiger partial charge is 0.223 e. The molecule has 23 heavy (non-hydrogen) atoms. The molecule has 2 saturated carbocycles. The first-order valence-corrected chi connectivity index (χ1v) is 9.18. The molecule has 0 spiro atoms. The molecule has 1 amide bonds. The Bertz CT molecular complexity index is 548. The number of carbonyl (C=O) groups is 1. The van der Waals surface area contributed by atoms with Crippen LogP contribution in [0.5, 0.6) is 0 Å². The fourth-order valence-corrected chi connectivity index (χ4v) is 4.44.